The monoisotopic (exact) mass is 278 g/mol. The molecule has 2 amide bonds. The Kier molecular flexibility index (Phi) is 3.62. The molecule has 100 valence electrons. The Bertz CT molecular complexity index is 552. The van der Waals surface area contributed by atoms with Crippen LogP contribution in [-0.2, 0) is 4.79 Å². The molecule has 5 heteroatoms. The molecule has 0 bridgehead atoms. The van der Waals surface area contributed by atoms with Crippen LogP contribution in [0.25, 0.3) is 0 Å². The lowest BCUT2D eigenvalue weighted by molar-refractivity contribution is -0.123. The maximum atomic E-state index is 12.5. The fraction of sp³-hybridized carbons (Fsp3) is 0.286. The van der Waals surface area contributed by atoms with E-state index in [0.29, 0.717) is 17.8 Å². The number of carbonyl (C=O) groups is 2. The van der Waals surface area contributed by atoms with Crippen molar-refractivity contribution < 1.29 is 9.59 Å². The first-order chi connectivity index (χ1) is 8.97. The van der Waals surface area contributed by atoms with Gasteiger partial charge in [0.15, 0.2) is 0 Å². The second-order valence-corrected chi connectivity index (χ2v) is 5.13. The lowest BCUT2D eigenvalue weighted by Gasteiger charge is -2.28. The van der Waals surface area contributed by atoms with E-state index in [1.165, 1.54) is 5.54 Å². The molecule has 0 aliphatic carbocycles. The van der Waals surface area contributed by atoms with Gasteiger partial charge in [0.05, 0.1) is 11.3 Å². The maximum absolute atomic E-state index is 12.5. The molecule has 1 aromatic carbocycles. The summed E-state index contributed by atoms with van der Waals surface area (Å²) in [6, 6.07) is 7.04. The van der Waals surface area contributed by atoms with Gasteiger partial charge in [-0.15, -0.1) is 0 Å². The van der Waals surface area contributed by atoms with E-state index >= 15 is 0 Å². The molecule has 2 rings (SSSR count). The fourth-order valence-corrected chi connectivity index (χ4v) is 2.16. The van der Waals surface area contributed by atoms with Gasteiger partial charge in [-0.2, -0.15) is 0 Å². The standard InChI is InChI=1S/C14H15ClN2O2/c1-14(2)13(19)17(9-5-8-15)11-7-4-3-6-10(11)12(18)16-14/h3-8H,9H2,1-2H3,(H,16,18)/b8-5+. The molecule has 1 N–H and O–H groups in total. The van der Waals surface area contributed by atoms with E-state index in [1.54, 1.807) is 49.1 Å². The highest BCUT2D eigenvalue weighted by Crippen LogP contribution is 2.27. The normalized spacial score (nSPS) is 18.2. The molecule has 1 heterocycles. The Morgan fingerprint density at radius 1 is 1.32 bits per heavy atom. The summed E-state index contributed by atoms with van der Waals surface area (Å²) in [5, 5.41) is 2.74. The third kappa shape index (κ3) is 2.49. The van der Waals surface area contributed by atoms with E-state index in [1.807, 2.05) is 0 Å². The van der Waals surface area contributed by atoms with Crippen LogP contribution in [0.4, 0.5) is 5.69 Å². The zero-order valence-electron chi connectivity index (χ0n) is 10.8. The molecule has 0 saturated carbocycles. The minimum Gasteiger partial charge on any atom is -0.338 e. The summed E-state index contributed by atoms with van der Waals surface area (Å²) in [4.78, 5) is 26.2. The van der Waals surface area contributed by atoms with Crippen LogP contribution in [-0.4, -0.2) is 23.9 Å². The number of anilines is 1. The molecule has 0 unspecified atom stereocenters. The van der Waals surface area contributed by atoms with Gasteiger partial charge in [-0.1, -0.05) is 29.8 Å². The summed E-state index contributed by atoms with van der Waals surface area (Å²) in [7, 11) is 0. The molecule has 4 nitrogen and oxygen atoms in total. The number of hydrogen-bond acceptors (Lipinski definition) is 2. The summed E-state index contributed by atoms with van der Waals surface area (Å²) in [5.74, 6) is -0.410. The van der Waals surface area contributed by atoms with Gasteiger partial charge in [0.2, 0.25) is 0 Å². The fourth-order valence-electron chi connectivity index (χ4n) is 2.08. The van der Waals surface area contributed by atoms with Crippen molar-refractivity contribution in [2.24, 2.45) is 0 Å². The van der Waals surface area contributed by atoms with Crippen LogP contribution in [0.5, 0.6) is 0 Å². The van der Waals surface area contributed by atoms with Crippen molar-refractivity contribution in [3.8, 4) is 0 Å². The SMILES string of the molecule is CC1(C)NC(=O)c2ccccc2N(C/C=C/Cl)C1=O. The van der Waals surface area contributed by atoms with Gasteiger partial charge in [-0.05, 0) is 26.0 Å². The Labute approximate surface area is 117 Å². The molecule has 0 fully saturated rings. The van der Waals surface area contributed by atoms with E-state index in [2.05, 4.69) is 5.32 Å². The van der Waals surface area contributed by atoms with Gasteiger partial charge >= 0.3 is 0 Å². The third-order valence-electron chi connectivity index (χ3n) is 3.02. The van der Waals surface area contributed by atoms with Crippen LogP contribution in [0.15, 0.2) is 35.9 Å². The number of nitrogens with zero attached hydrogens (tertiary/aromatic N) is 1. The summed E-state index contributed by atoms with van der Waals surface area (Å²) in [6.45, 7) is 3.71. The average Bonchev–Trinajstić information content (AvgIpc) is 2.44. The summed E-state index contributed by atoms with van der Waals surface area (Å²) >= 11 is 5.54. The molecular weight excluding hydrogens is 264 g/mol. The number of benzene rings is 1. The number of hydrogen-bond donors (Lipinski definition) is 1. The van der Waals surface area contributed by atoms with E-state index in [-0.39, 0.29) is 11.8 Å². The zero-order valence-corrected chi connectivity index (χ0v) is 11.6. The molecule has 1 aliphatic heterocycles. The molecule has 1 aliphatic rings. The molecule has 0 saturated heterocycles. The van der Waals surface area contributed by atoms with Crippen LogP contribution in [0.2, 0.25) is 0 Å². The van der Waals surface area contributed by atoms with Crippen LogP contribution in [0, 0.1) is 0 Å². The van der Waals surface area contributed by atoms with Gasteiger partial charge < -0.3 is 10.2 Å². The number of para-hydroxylation sites is 1. The minimum absolute atomic E-state index is 0.166. The smallest absolute Gasteiger partial charge is 0.254 e. The first-order valence-corrected chi connectivity index (χ1v) is 6.40. The van der Waals surface area contributed by atoms with Crippen LogP contribution in [0.3, 0.4) is 0 Å². The molecule has 0 radical (unpaired) electrons. The van der Waals surface area contributed by atoms with Crippen molar-refractivity contribution in [3.63, 3.8) is 0 Å². The van der Waals surface area contributed by atoms with Crippen molar-refractivity contribution in [2.75, 3.05) is 11.4 Å². The zero-order chi connectivity index (χ0) is 14.0. The van der Waals surface area contributed by atoms with Crippen molar-refractivity contribution in [3.05, 3.63) is 41.4 Å². The van der Waals surface area contributed by atoms with Gasteiger partial charge in [0.25, 0.3) is 11.8 Å². The predicted molar refractivity (Wildman–Crippen MR) is 75.3 cm³/mol. The van der Waals surface area contributed by atoms with E-state index in [4.69, 9.17) is 11.6 Å². The number of carbonyl (C=O) groups excluding carboxylic acids is 2. The van der Waals surface area contributed by atoms with Crippen LogP contribution < -0.4 is 10.2 Å². The number of fused-ring (bicyclic) bond motifs is 1. The van der Waals surface area contributed by atoms with Crippen molar-refractivity contribution in [1.82, 2.24) is 5.32 Å². The summed E-state index contributed by atoms with van der Waals surface area (Å²) in [5.41, 5.74) is 1.51. The first kappa shape index (κ1) is 13.6. The first-order valence-electron chi connectivity index (χ1n) is 5.96. The van der Waals surface area contributed by atoms with E-state index in [9.17, 15) is 9.59 Å². The molecule has 1 aromatic rings. The lowest BCUT2D eigenvalue weighted by atomic mass is 10.0. The highest BCUT2D eigenvalue weighted by molar-refractivity contribution is 6.25. The topological polar surface area (TPSA) is 49.4 Å². The summed E-state index contributed by atoms with van der Waals surface area (Å²) in [6.07, 6.45) is 1.67. The van der Waals surface area contributed by atoms with Gasteiger partial charge in [0.1, 0.15) is 5.54 Å². The Hall–Kier alpha value is -1.81. The van der Waals surface area contributed by atoms with Gasteiger partial charge in [-0.3, -0.25) is 9.59 Å². The second-order valence-electron chi connectivity index (χ2n) is 4.87. The number of halogens is 1. The maximum Gasteiger partial charge on any atom is 0.254 e. The lowest BCUT2D eigenvalue weighted by Crippen LogP contribution is -2.53. The van der Waals surface area contributed by atoms with Crippen molar-refractivity contribution in [2.45, 2.75) is 19.4 Å². The molecule has 0 spiro atoms. The van der Waals surface area contributed by atoms with E-state index < -0.39 is 5.54 Å². The highest BCUT2D eigenvalue weighted by Gasteiger charge is 2.38. The molecular formula is C14H15ClN2O2. The van der Waals surface area contributed by atoms with Crippen molar-refractivity contribution in [1.29, 1.82) is 0 Å². The highest BCUT2D eigenvalue weighted by atomic mass is 35.5. The second kappa shape index (κ2) is 5.05. The molecule has 19 heavy (non-hydrogen) atoms. The van der Waals surface area contributed by atoms with E-state index in [0.717, 1.165) is 0 Å². The Morgan fingerprint density at radius 3 is 2.68 bits per heavy atom. The van der Waals surface area contributed by atoms with Crippen LogP contribution in [0.1, 0.15) is 24.2 Å². The molecule has 0 atom stereocenters. The number of nitrogens with one attached hydrogen (secondary N) is 1. The van der Waals surface area contributed by atoms with Gasteiger partial charge in [-0.25, -0.2) is 0 Å². The third-order valence-corrected chi connectivity index (χ3v) is 3.20. The minimum atomic E-state index is -0.948. The Morgan fingerprint density at radius 2 is 2.00 bits per heavy atom. The van der Waals surface area contributed by atoms with Crippen LogP contribution >= 0.6 is 11.6 Å². The van der Waals surface area contributed by atoms with Gasteiger partial charge in [0, 0.05) is 12.1 Å². The Balaban J connectivity index is 2.56. The average molecular weight is 279 g/mol. The predicted octanol–water partition coefficient (Wildman–Crippen LogP) is 2.29. The summed E-state index contributed by atoms with van der Waals surface area (Å²) < 4.78 is 0. The quantitative estimate of drug-likeness (QED) is 0.902. The largest absolute Gasteiger partial charge is 0.338 e. The molecule has 0 aromatic heterocycles. The number of amides is 2. The number of rotatable bonds is 2. The van der Waals surface area contributed by atoms with Crippen molar-refractivity contribution >= 4 is 29.1 Å².